The number of benzene rings is 1. The summed E-state index contributed by atoms with van der Waals surface area (Å²) in [5.74, 6) is -1.40. The van der Waals surface area contributed by atoms with Crippen molar-refractivity contribution in [3.05, 3.63) is 27.7 Å². The number of carboxylic acids is 1. The molecule has 0 bridgehead atoms. The second kappa shape index (κ2) is 6.03. The average molecular weight is 315 g/mol. The normalized spacial score (nSPS) is 11.7. The van der Waals surface area contributed by atoms with Crippen molar-refractivity contribution in [1.82, 2.24) is 0 Å². The highest BCUT2D eigenvalue weighted by Crippen LogP contribution is 2.32. The topological polar surface area (TPSA) is 83.6 Å². The number of aromatic carboxylic acids is 1. The number of halogens is 3. The Morgan fingerprint density at radius 1 is 1.56 bits per heavy atom. The van der Waals surface area contributed by atoms with Gasteiger partial charge in [0.15, 0.2) is 0 Å². The van der Waals surface area contributed by atoms with E-state index in [4.69, 9.17) is 10.8 Å². The van der Waals surface area contributed by atoms with E-state index >= 15 is 0 Å². The predicted molar refractivity (Wildman–Crippen MR) is 62.9 cm³/mol. The lowest BCUT2D eigenvalue weighted by atomic mass is 10.0. The Morgan fingerprint density at radius 3 is 2.56 bits per heavy atom. The molecule has 4 nitrogen and oxygen atoms in total. The van der Waals surface area contributed by atoms with Crippen LogP contribution >= 0.6 is 28.3 Å². The van der Waals surface area contributed by atoms with Crippen molar-refractivity contribution in [2.75, 3.05) is 6.67 Å². The summed E-state index contributed by atoms with van der Waals surface area (Å²) in [5, 5.41) is 18.3. The Balaban J connectivity index is 0.00000225. The van der Waals surface area contributed by atoms with Gasteiger partial charge < -0.3 is 15.9 Å². The number of hydrogen-bond donors (Lipinski definition) is 3. The standard InChI is InChI=1S/C9H9BrFNO3.ClH/c10-6-2-4(9(14)15)1-5(8(6)13)7(12)3-11;/h1-2,7,13H,3,12H2,(H,14,15);1H/t7-;/m1./s1. The molecule has 0 aliphatic heterocycles. The monoisotopic (exact) mass is 313 g/mol. The molecule has 90 valence electrons. The fraction of sp³-hybridized carbons (Fsp3) is 0.222. The minimum absolute atomic E-state index is 0. The summed E-state index contributed by atoms with van der Waals surface area (Å²) >= 11 is 2.97. The lowest BCUT2D eigenvalue weighted by molar-refractivity contribution is 0.0696. The molecule has 7 heteroatoms. The van der Waals surface area contributed by atoms with Crippen molar-refractivity contribution in [3.63, 3.8) is 0 Å². The van der Waals surface area contributed by atoms with Gasteiger partial charge in [0.25, 0.3) is 0 Å². The van der Waals surface area contributed by atoms with Crippen molar-refractivity contribution >= 4 is 34.3 Å². The maximum absolute atomic E-state index is 12.3. The third-order valence-electron chi connectivity index (χ3n) is 1.91. The van der Waals surface area contributed by atoms with Crippen LogP contribution in [0.15, 0.2) is 16.6 Å². The first kappa shape index (κ1) is 15.2. The molecule has 4 N–H and O–H groups in total. The zero-order valence-corrected chi connectivity index (χ0v) is 10.4. The highest BCUT2D eigenvalue weighted by Gasteiger charge is 2.17. The van der Waals surface area contributed by atoms with Gasteiger partial charge in [-0.05, 0) is 28.1 Å². The number of phenolic OH excluding ortho intramolecular Hbond substituents is 1. The summed E-state index contributed by atoms with van der Waals surface area (Å²) in [5.41, 5.74) is 5.40. The van der Waals surface area contributed by atoms with Crippen molar-refractivity contribution in [2.45, 2.75) is 6.04 Å². The molecule has 1 aromatic rings. The molecule has 0 aliphatic rings. The highest BCUT2D eigenvalue weighted by molar-refractivity contribution is 9.10. The SMILES string of the molecule is Cl.N[C@H](CF)c1cc(C(=O)O)cc(Br)c1O. The van der Waals surface area contributed by atoms with Crippen LogP contribution in [0.2, 0.25) is 0 Å². The number of phenols is 1. The molecular weight excluding hydrogens is 304 g/mol. The van der Waals surface area contributed by atoms with E-state index in [0.717, 1.165) is 6.07 Å². The summed E-state index contributed by atoms with van der Waals surface area (Å²) in [7, 11) is 0. The van der Waals surface area contributed by atoms with E-state index in [9.17, 15) is 14.3 Å². The number of hydrogen-bond acceptors (Lipinski definition) is 3. The largest absolute Gasteiger partial charge is 0.506 e. The molecule has 0 spiro atoms. The van der Waals surface area contributed by atoms with E-state index in [-0.39, 0.29) is 33.8 Å². The van der Waals surface area contributed by atoms with Gasteiger partial charge >= 0.3 is 5.97 Å². The van der Waals surface area contributed by atoms with Crippen LogP contribution in [0, 0.1) is 0 Å². The second-order valence-corrected chi connectivity index (χ2v) is 3.82. The van der Waals surface area contributed by atoms with Gasteiger partial charge in [-0.15, -0.1) is 12.4 Å². The third kappa shape index (κ3) is 3.07. The van der Waals surface area contributed by atoms with Crippen molar-refractivity contribution in [2.24, 2.45) is 5.73 Å². The maximum Gasteiger partial charge on any atom is 0.335 e. The first-order valence-corrected chi connectivity index (χ1v) is 4.84. The first-order valence-electron chi connectivity index (χ1n) is 4.04. The van der Waals surface area contributed by atoms with Crippen molar-refractivity contribution in [3.8, 4) is 5.75 Å². The number of alkyl halides is 1. The van der Waals surface area contributed by atoms with Crippen molar-refractivity contribution in [1.29, 1.82) is 0 Å². The summed E-state index contributed by atoms with van der Waals surface area (Å²) in [6, 6.07) is 1.36. The molecule has 0 fully saturated rings. The van der Waals surface area contributed by atoms with Gasteiger partial charge in [-0.3, -0.25) is 0 Å². The van der Waals surface area contributed by atoms with Gasteiger partial charge in [0.1, 0.15) is 12.4 Å². The molecule has 0 heterocycles. The van der Waals surface area contributed by atoms with Gasteiger partial charge in [-0.1, -0.05) is 0 Å². The number of aromatic hydroxyl groups is 1. The van der Waals surface area contributed by atoms with E-state index in [0.29, 0.717) is 0 Å². The van der Waals surface area contributed by atoms with Crippen LogP contribution in [0.4, 0.5) is 4.39 Å². The van der Waals surface area contributed by atoms with Gasteiger partial charge in [0.05, 0.1) is 16.1 Å². The van der Waals surface area contributed by atoms with Gasteiger partial charge in [-0.2, -0.15) is 0 Å². The van der Waals surface area contributed by atoms with Crippen LogP contribution < -0.4 is 5.73 Å². The summed E-state index contributed by atoms with van der Waals surface area (Å²) in [6.07, 6.45) is 0. The van der Waals surface area contributed by atoms with Crippen LogP contribution in [0.1, 0.15) is 22.0 Å². The second-order valence-electron chi connectivity index (χ2n) is 2.96. The summed E-state index contributed by atoms with van der Waals surface area (Å²) in [6.45, 7) is -0.872. The van der Waals surface area contributed by atoms with Crippen LogP contribution in [0.5, 0.6) is 5.75 Å². The highest BCUT2D eigenvalue weighted by atomic mass is 79.9. The van der Waals surface area contributed by atoms with Crippen LogP contribution in [0.3, 0.4) is 0 Å². The van der Waals surface area contributed by atoms with Gasteiger partial charge in [0, 0.05) is 5.56 Å². The average Bonchev–Trinajstić information content (AvgIpc) is 2.20. The lowest BCUT2D eigenvalue weighted by Crippen LogP contribution is -2.13. The van der Waals surface area contributed by atoms with Gasteiger partial charge in [0.2, 0.25) is 0 Å². The predicted octanol–water partition coefficient (Wildman–Crippen LogP) is 2.24. The molecule has 0 unspecified atom stereocenters. The third-order valence-corrected chi connectivity index (χ3v) is 2.51. The fourth-order valence-corrected chi connectivity index (χ4v) is 1.59. The number of nitrogens with two attached hydrogens (primary N) is 1. The Morgan fingerprint density at radius 2 is 2.12 bits per heavy atom. The summed E-state index contributed by atoms with van der Waals surface area (Å²) in [4.78, 5) is 10.7. The molecule has 0 saturated carbocycles. The molecule has 0 saturated heterocycles. The Hall–Kier alpha value is -0.850. The van der Waals surface area contributed by atoms with Crippen LogP contribution in [-0.4, -0.2) is 22.9 Å². The molecule has 1 aromatic carbocycles. The summed E-state index contributed by atoms with van der Waals surface area (Å²) < 4.78 is 12.5. The van der Waals surface area contributed by atoms with Crippen LogP contribution in [-0.2, 0) is 0 Å². The maximum atomic E-state index is 12.3. The lowest BCUT2D eigenvalue weighted by Gasteiger charge is -2.12. The number of carbonyl (C=O) groups is 1. The Kier molecular flexibility index (Phi) is 5.71. The van der Waals surface area contributed by atoms with E-state index in [1.165, 1.54) is 6.07 Å². The Labute approximate surface area is 106 Å². The Bertz CT molecular complexity index is 403. The fourth-order valence-electron chi connectivity index (χ4n) is 1.11. The minimum Gasteiger partial charge on any atom is -0.506 e. The van der Waals surface area contributed by atoms with E-state index in [1.807, 2.05) is 0 Å². The van der Waals surface area contributed by atoms with E-state index < -0.39 is 18.7 Å². The molecule has 1 atom stereocenters. The quantitative estimate of drug-likeness (QED) is 0.799. The number of carboxylic acid groups (broad SMARTS) is 1. The zero-order chi connectivity index (χ0) is 11.6. The minimum atomic E-state index is -1.16. The molecule has 0 aliphatic carbocycles. The molecule has 1 rings (SSSR count). The first-order chi connectivity index (χ1) is 6.97. The smallest absolute Gasteiger partial charge is 0.335 e. The van der Waals surface area contributed by atoms with Crippen molar-refractivity contribution < 1.29 is 19.4 Å². The molecular formula is C9H10BrClFNO3. The van der Waals surface area contributed by atoms with Gasteiger partial charge in [-0.25, -0.2) is 9.18 Å². The van der Waals surface area contributed by atoms with E-state index in [1.54, 1.807) is 0 Å². The zero-order valence-electron chi connectivity index (χ0n) is 7.98. The van der Waals surface area contributed by atoms with E-state index in [2.05, 4.69) is 15.9 Å². The molecule has 0 amide bonds. The van der Waals surface area contributed by atoms with Crippen LogP contribution in [0.25, 0.3) is 0 Å². The number of rotatable bonds is 3. The molecule has 16 heavy (non-hydrogen) atoms. The molecule has 0 radical (unpaired) electrons. The molecule has 0 aromatic heterocycles.